The Morgan fingerprint density at radius 3 is 2.59 bits per heavy atom. The van der Waals surface area contributed by atoms with Crippen LogP contribution >= 0.6 is 0 Å². The normalized spacial score (nSPS) is 17.4. The highest BCUT2D eigenvalue weighted by atomic mass is 16.1. The molecule has 2 aromatic carbocycles. The first-order valence-electron chi connectivity index (χ1n) is 11.9. The number of aryl methyl sites for hydroxylation is 1. The number of fused-ring (bicyclic) bond motifs is 1. The molecule has 1 unspecified atom stereocenters. The molecule has 0 saturated carbocycles. The highest BCUT2D eigenvalue weighted by Crippen LogP contribution is 2.36. The molecule has 0 aliphatic heterocycles. The maximum absolute atomic E-state index is 12.4. The molecule has 1 aliphatic carbocycles. The number of H-pyrrole nitrogens is 1. The van der Waals surface area contributed by atoms with Gasteiger partial charge in [-0.25, -0.2) is 5.10 Å². The van der Waals surface area contributed by atoms with Gasteiger partial charge in [0.2, 0.25) is 5.91 Å². The Morgan fingerprint density at radius 2 is 1.85 bits per heavy atom. The summed E-state index contributed by atoms with van der Waals surface area (Å²) in [6.07, 6.45) is 9.74. The summed E-state index contributed by atoms with van der Waals surface area (Å²) >= 11 is 0. The summed E-state index contributed by atoms with van der Waals surface area (Å²) in [5, 5.41) is 14.3. The van der Waals surface area contributed by atoms with Crippen LogP contribution in [-0.2, 0) is 4.79 Å². The van der Waals surface area contributed by atoms with Crippen molar-refractivity contribution in [1.82, 2.24) is 15.5 Å². The van der Waals surface area contributed by atoms with E-state index in [9.17, 15) is 9.59 Å². The van der Waals surface area contributed by atoms with Gasteiger partial charge >= 0.3 is 0 Å². The number of amides is 1. The van der Waals surface area contributed by atoms with Gasteiger partial charge in [0.1, 0.15) is 0 Å². The monoisotopic (exact) mass is 456 g/mol. The number of carbonyl (C=O) groups is 1. The van der Waals surface area contributed by atoms with Crippen molar-refractivity contribution in [2.45, 2.75) is 39.5 Å². The summed E-state index contributed by atoms with van der Waals surface area (Å²) in [6, 6.07) is 16.0. The number of hydrogen-bond donors (Lipinski definition) is 3. The minimum atomic E-state index is -0.197. The van der Waals surface area contributed by atoms with Gasteiger partial charge in [-0.2, -0.15) is 5.10 Å². The van der Waals surface area contributed by atoms with Crippen molar-refractivity contribution in [3.63, 3.8) is 0 Å². The lowest BCUT2D eigenvalue weighted by molar-refractivity contribution is -0.121. The first-order valence-corrected chi connectivity index (χ1v) is 11.9. The average molecular weight is 457 g/mol. The van der Waals surface area contributed by atoms with Gasteiger partial charge < -0.3 is 10.6 Å². The lowest BCUT2D eigenvalue weighted by atomic mass is 9.77. The molecule has 1 amide bonds. The molecule has 0 saturated heterocycles. The third kappa shape index (κ3) is 5.81. The minimum absolute atomic E-state index is 0.00401. The van der Waals surface area contributed by atoms with Crippen molar-refractivity contribution in [1.29, 1.82) is 0 Å². The highest BCUT2D eigenvalue weighted by Gasteiger charge is 2.23. The van der Waals surface area contributed by atoms with Crippen molar-refractivity contribution >= 4 is 28.1 Å². The van der Waals surface area contributed by atoms with E-state index >= 15 is 0 Å². The van der Waals surface area contributed by atoms with Gasteiger partial charge in [-0.3, -0.25) is 9.59 Å². The smallest absolute Gasteiger partial charge is 0.272 e. The van der Waals surface area contributed by atoms with Crippen LogP contribution in [-0.4, -0.2) is 29.2 Å². The van der Waals surface area contributed by atoms with Gasteiger partial charge in [0.25, 0.3) is 5.56 Å². The molecule has 4 rings (SSSR count). The standard InChI is InChI=1S/C28H32N4O2/c1-20-8-10-21(11-9-20)22-12-15-28(2,16-13-22)17-14-25(33)29-18-5-19-30-26-23-6-3-4-7-24(23)27(34)32-31-26/h3-4,6-13,15H,5,14,16-19H2,1-2H3,(H,29,33)(H,30,31)(H,32,34). The minimum Gasteiger partial charge on any atom is -0.368 e. The van der Waals surface area contributed by atoms with Crippen LogP contribution in [0, 0.1) is 12.3 Å². The van der Waals surface area contributed by atoms with Gasteiger partial charge in [0, 0.05) is 24.9 Å². The third-order valence-corrected chi connectivity index (χ3v) is 6.43. The summed E-state index contributed by atoms with van der Waals surface area (Å²) in [5.41, 5.74) is 3.55. The lowest BCUT2D eigenvalue weighted by Crippen LogP contribution is -2.27. The fraction of sp³-hybridized carbons (Fsp3) is 0.321. The number of hydrogen-bond acceptors (Lipinski definition) is 4. The number of benzene rings is 2. The molecule has 6 heteroatoms. The van der Waals surface area contributed by atoms with E-state index in [4.69, 9.17) is 0 Å². The largest absolute Gasteiger partial charge is 0.368 e. The molecule has 0 spiro atoms. The lowest BCUT2D eigenvalue weighted by Gasteiger charge is -2.28. The van der Waals surface area contributed by atoms with E-state index < -0.39 is 0 Å². The van der Waals surface area contributed by atoms with Gasteiger partial charge in [-0.05, 0) is 48.8 Å². The number of nitrogens with zero attached hydrogens (tertiary/aromatic N) is 1. The van der Waals surface area contributed by atoms with Gasteiger partial charge in [0.05, 0.1) is 5.39 Å². The molecule has 6 nitrogen and oxygen atoms in total. The molecule has 1 aliphatic rings. The molecule has 0 radical (unpaired) electrons. The molecule has 34 heavy (non-hydrogen) atoms. The molecule has 3 aromatic rings. The van der Waals surface area contributed by atoms with E-state index in [1.54, 1.807) is 6.07 Å². The van der Waals surface area contributed by atoms with E-state index in [-0.39, 0.29) is 16.9 Å². The van der Waals surface area contributed by atoms with Gasteiger partial charge in [0.15, 0.2) is 5.82 Å². The Balaban J connectivity index is 1.18. The van der Waals surface area contributed by atoms with Crippen LogP contribution in [0.4, 0.5) is 5.82 Å². The summed E-state index contributed by atoms with van der Waals surface area (Å²) in [7, 11) is 0. The topological polar surface area (TPSA) is 86.9 Å². The van der Waals surface area contributed by atoms with Crippen LogP contribution < -0.4 is 16.2 Å². The second-order valence-electron chi connectivity index (χ2n) is 9.29. The molecule has 0 bridgehead atoms. The number of allylic oxidation sites excluding steroid dienone is 4. The second kappa shape index (κ2) is 10.5. The molecule has 1 atom stereocenters. The predicted octanol–water partition coefficient (Wildman–Crippen LogP) is 4.98. The Morgan fingerprint density at radius 1 is 1.09 bits per heavy atom. The zero-order valence-electron chi connectivity index (χ0n) is 19.9. The number of nitrogens with one attached hydrogen (secondary N) is 3. The van der Waals surface area contributed by atoms with E-state index in [1.807, 2.05) is 18.2 Å². The molecule has 1 aromatic heterocycles. The van der Waals surface area contributed by atoms with Crippen molar-refractivity contribution < 1.29 is 4.79 Å². The van der Waals surface area contributed by atoms with Gasteiger partial charge in [-0.1, -0.05) is 73.2 Å². The van der Waals surface area contributed by atoms with Crippen LogP contribution in [0.1, 0.15) is 43.7 Å². The average Bonchev–Trinajstić information content (AvgIpc) is 2.85. The molecule has 0 fully saturated rings. The summed E-state index contributed by atoms with van der Waals surface area (Å²) < 4.78 is 0. The van der Waals surface area contributed by atoms with Crippen molar-refractivity contribution in [3.8, 4) is 0 Å². The number of rotatable bonds is 9. The number of aromatic amines is 1. The molecule has 1 heterocycles. The van der Waals surface area contributed by atoms with Crippen molar-refractivity contribution in [2.24, 2.45) is 5.41 Å². The van der Waals surface area contributed by atoms with Crippen LogP contribution in [0.2, 0.25) is 0 Å². The summed E-state index contributed by atoms with van der Waals surface area (Å²) in [4.78, 5) is 24.2. The van der Waals surface area contributed by atoms with Crippen LogP contribution in [0.25, 0.3) is 16.3 Å². The van der Waals surface area contributed by atoms with Crippen LogP contribution in [0.3, 0.4) is 0 Å². The number of aromatic nitrogens is 2. The predicted molar refractivity (Wildman–Crippen MR) is 139 cm³/mol. The maximum atomic E-state index is 12.4. The number of carbonyl (C=O) groups excluding carboxylic acids is 1. The fourth-order valence-corrected chi connectivity index (χ4v) is 4.18. The zero-order valence-corrected chi connectivity index (χ0v) is 19.9. The van der Waals surface area contributed by atoms with E-state index in [1.165, 1.54) is 16.7 Å². The Labute approximate surface area is 200 Å². The molecular formula is C28H32N4O2. The van der Waals surface area contributed by atoms with Crippen LogP contribution in [0.5, 0.6) is 0 Å². The molecular weight excluding hydrogens is 424 g/mol. The SMILES string of the molecule is Cc1ccc(C2=CCC(C)(CCC(=O)NCCCNc3n[nH]c(=O)c4ccccc34)C=C2)cc1. The number of anilines is 1. The summed E-state index contributed by atoms with van der Waals surface area (Å²) in [6.45, 7) is 5.55. The Hall–Kier alpha value is -3.67. The van der Waals surface area contributed by atoms with Crippen molar-refractivity contribution in [3.05, 3.63) is 88.2 Å². The molecule has 3 N–H and O–H groups in total. The molecule has 176 valence electrons. The van der Waals surface area contributed by atoms with Crippen molar-refractivity contribution in [2.75, 3.05) is 18.4 Å². The maximum Gasteiger partial charge on any atom is 0.272 e. The Bertz CT molecular complexity index is 1270. The third-order valence-electron chi connectivity index (χ3n) is 6.43. The first kappa shape index (κ1) is 23.5. The van der Waals surface area contributed by atoms with Gasteiger partial charge in [-0.15, -0.1) is 0 Å². The van der Waals surface area contributed by atoms with Crippen LogP contribution in [0.15, 0.2) is 71.6 Å². The van der Waals surface area contributed by atoms with E-state index in [0.29, 0.717) is 30.7 Å². The fourth-order valence-electron chi connectivity index (χ4n) is 4.18. The van der Waals surface area contributed by atoms with E-state index in [2.05, 4.69) is 77.2 Å². The summed E-state index contributed by atoms with van der Waals surface area (Å²) in [5.74, 6) is 0.729. The second-order valence-corrected chi connectivity index (χ2v) is 9.29. The van der Waals surface area contributed by atoms with E-state index in [0.717, 1.165) is 24.6 Å². The quantitative estimate of drug-likeness (QED) is 0.396. The first-order chi connectivity index (χ1) is 16.4. The Kier molecular flexibility index (Phi) is 7.26. The highest BCUT2D eigenvalue weighted by molar-refractivity contribution is 5.90. The zero-order chi connectivity index (χ0) is 24.0.